The topological polar surface area (TPSA) is 76.3 Å². The molecule has 0 radical (unpaired) electrons. The van der Waals surface area contributed by atoms with Gasteiger partial charge in [-0.2, -0.15) is 4.31 Å². The first-order valence-electron chi connectivity index (χ1n) is 6.18. The normalized spacial score (nSPS) is 23.1. The molecule has 0 spiro atoms. The molecule has 0 saturated carbocycles. The van der Waals surface area contributed by atoms with Gasteiger partial charge in [0.25, 0.3) is 0 Å². The second-order valence-electron chi connectivity index (χ2n) is 4.65. The van der Waals surface area contributed by atoms with E-state index in [1.54, 1.807) is 23.6 Å². The van der Waals surface area contributed by atoms with Gasteiger partial charge in [-0.3, -0.25) is 4.98 Å². The molecule has 2 N–H and O–H groups in total. The molecule has 1 fully saturated rings. The van der Waals surface area contributed by atoms with Crippen molar-refractivity contribution in [3.05, 3.63) is 30.1 Å². The van der Waals surface area contributed by atoms with Gasteiger partial charge in [0.05, 0.1) is 11.3 Å². The second-order valence-corrected chi connectivity index (χ2v) is 6.95. The zero-order valence-electron chi connectivity index (χ0n) is 10.5. The molecule has 1 saturated heterocycles. The van der Waals surface area contributed by atoms with Crippen LogP contribution in [0.25, 0.3) is 0 Å². The quantitative estimate of drug-likeness (QED) is 0.881. The fourth-order valence-corrected chi connectivity index (χ4v) is 3.97. The van der Waals surface area contributed by atoms with E-state index in [1.807, 2.05) is 12.1 Å². The molecule has 5 nitrogen and oxygen atoms in total. The van der Waals surface area contributed by atoms with Crippen LogP contribution in [-0.4, -0.2) is 36.0 Å². The van der Waals surface area contributed by atoms with Crippen molar-refractivity contribution in [2.24, 2.45) is 5.73 Å². The zero-order valence-corrected chi connectivity index (χ0v) is 11.3. The van der Waals surface area contributed by atoms with E-state index in [0.717, 1.165) is 18.4 Å². The Balaban J connectivity index is 2.29. The molecular formula is C12H19N3O2S. The monoisotopic (exact) mass is 269 g/mol. The second kappa shape index (κ2) is 5.34. The molecule has 2 atom stereocenters. The molecule has 1 aliphatic heterocycles. The van der Waals surface area contributed by atoms with Gasteiger partial charge in [-0.05, 0) is 31.4 Å². The summed E-state index contributed by atoms with van der Waals surface area (Å²) >= 11 is 0. The van der Waals surface area contributed by atoms with Crippen LogP contribution in [0.15, 0.2) is 24.5 Å². The number of hydrogen-bond acceptors (Lipinski definition) is 4. The summed E-state index contributed by atoms with van der Waals surface area (Å²) in [6.07, 6.45) is 5.17. The molecule has 1 aromatic rings. The van der Waals surface area contributed by atoms with Gasteiger partial charge in [-0.25, -0.2) is 8.42 Å². The van der Waals surface area contributed by atoms with Gasteiger partial charge in [-0.1, -0.05) is 6.07 Å². The summed E-state index contributed by atoms with van der Waals surface area (Å²) in [6, 6.07) is 3.68. The van der Waals surface area contributed by atoms with Crippen molar-refractivity contribution in [3.8, 4) is 0 Å². The number of aromatic nitrogens is 1. The van der Waals surface area contributed by atoms with Gasteiger partial charge in [-0.15, -0.1) is 0 Å². The summed E-state index contributed by atoms with van der Waals surface area (Å²) < 4.78 is 26.3. The Hall–Kier alpha value is -0.980. The average molecular weight is 269 g/mol. The molecular weight excluding hydrogens is 250 g/mol. The third kappa shape index (κ3) is 2.41. The van der Waals surface area contributed by atoms with Crippen molar-refractivity contribution in [2.75, 3.05) is 13.1 Å². The van der Waals surface area contributed by atoms with Crippen LogP contribution >= 0.6 is 0 Å². The number of sulfonamides is 1. The van der Waals surface area contributed by atoms with Crippen molar-refractivity contribution in [2.45, 2.75) is 31.1 Å². The Bertz CT molecular complexity index is 489. The molecule has 1 aliphatic rings. The molecule has 0 amide bonds. The fraction of sp³-hybridized carbons (Fsp3) is 0.583. The summed E-state index contributed by atoms with van der Waals surface area (Å²) in [5, 5.41) is -0.533. The molecule has 1 aromatic heterocycles. The molecule has 0 aromatic carbocycles. The van der Waals surface area contributed by atoms with Gasteiger partial charge in [0.1, 0.15) is 0 Å². The Morgan fingerprint density at radius 3 is 3.00 bits per heavy atom. The minimum atomic E-state index is -3.31. The molecule has 0 aliphatic carbocycles. The average Bonchev–Trinajstić information content (AvgIpc) is 2.88. The highest BCUT2D eigenvalue weighted by Crippen LogP contribution is 2.34. The van der Waals surface area contributed by atoms with Crippen LogP contribution in [0.5, 0.6) is 0 Å². The lowest BCUT2D eigenvalue weighted by atomic mass is 10.1. The summed E-state index contributed by atoms with van der Waals surface area (Å²) in [4.78, 5) is 4.06. The maximum absolute atomic E-state index is 12.4. The smallest absolute Gasteiger partial charge is 0.218 e. The van der Waals surface area contributed by atoms with Crippen molar-refractivity contribution >= 4 is 10.0 Å². The van der Waals surface area contributed by atoms with Crippen molar-refractivity contribution in [1.82, 2.24) is 9.29 Å². The number of pyridine rings is 1. The molecule has 2 unspecified atom stereocenters. The van der Waals surface area contributed by atoms with Gasteiger partial charge < -0.3 is 5.73 Å². The molecule has 2 heterocycles. The van der Waals surface area contributed by atoms with Crippen LogP contribution in [-0.2, 0) is 10.0 Å². The van der Waals surface area contributed by atoms with E-state index in [9.17, 15) is 8.42 Å². The van der Waals surface area contributed by atoms with Gasteiger partial charge in [0, 0.05) is 25.5 Å². The highest BCUT2D eigenvalue weighted by molar-refractivity contribution is 7.89. The van der Waals surface area contributed by atoms with E-state index in [4.69, 9.17) is 5.73 Å². The van der Waals surface area contributed by atoms with E-state index in [-0.39, 0.29) is 12.6 Å². The maximum atomic E-state index is 12.4. The van der Waals surface area contributed by atoms with Crippen molar-refractivity contribution in [1.29, 1.82) is 0 Å². The lowest BCUT2D eigenvalue weighted by Gasteiger charge is -2.26. The minimum Gasteiger partial charge on any atom is -0.329 e. The zero-order chi connectivity index (χ0) is 13.2. The number of nitrogens with two attached hydrogens (primary N) is 1. The highest BCUT2D eigenvalue weighted by Gasteiger charge is 2.37. The van der Waals surface area contributed by atoms with Crippen LogP contribution < -0.4 is 5.73 Å². The highest BCUT2D eigenvalue weighted by atomic mass is 32.2. The standard InChI is InChI=1S/C12H19N3O2S/c1-10(8-13)18(16,17)15-7-3-5-12(15)11-4-2-6-14-9-11/h2,4,6,9-10,12H,3,5,7-8,13H2,1H3. The van der Waals surface area contributed by atoms with Crippen LogP contribution in [0.2, 0.25) is 0 Å². The predicted molar refractivity (Wildman–Crippen MR) is 70.4 cm³/mol. The van der Waals surface area contributed by atoms with E-state index < -0.39 is 15.3 Å². The van der Waals surface area contributed by atoms with Crippen LogP contribution in [0.1, 0.15) is 31.4 Å². The largest absolute Gasteiger partial charge is 0.329 e. The van der Waals surface area contributed by atoms with Gasteiger partial charge in [0.15, 0.2) is 0 Å². The first-order valence-corrected chi connectivity index (χ1v) is 7.68. The van der Waals surface area contributed by atoms with Crippen LogP contribution in [0, 0.1) is 0 Å². The Kier molecular flexibility index (Phi) is 3.99. The summed E-state index contributed by atoms with van der Waals surface area (Å²) in [7, 11) is -3.31. The van der Waals surface area contributed by atoms with Crippen LogP contribution in [0.4, 0.5) is 0 Å². The summed E-state index contributed by atoms with van der Waals surface area (Å²) in [6.45, 7) is 2.39. The van der Waals surface area contributed by atoms with Crippen molar-refractivity contribution in [3.63, 3.8) is 0 Å². The molecule has 6 heteroatoms. The Morgan fingerprint density at radius 1 is 1.61 bits per heavy atom. The third-order valence-corrected chi connectivity index (χ3v) is 5.74. The molecule has 0 bridgehead atoms. The molecule has 18 heavy (non-hydrogen) atoms. The first kappa shape index (κ1) is 13.5. The minimum absolute atomic E-state index is 0.0855. The lowest BCUT2D eigenvalue weighted by molar-refractivity contribution is 0.390. The predicted octanol–water partition coefficient (Wildman–Crippen LogP) is 0.895. The number of hydrogen-bond donors (Lipinski definition) is 1. The maximum Gasteiger partial charge on any atom is 0.218 e. The number of rotatable bonds is 4. The Morgan fingerprint density at radius 2 is 2.39 bits per heavy atom. The van der Waals surface area contributed by atoms with E-state index >= 15 is 0 Å². The Labute approximate surface area is 108 Å². The SMILES string of the molecule is CC(CN)S(=O)(=O)N1CCCC1c1cccnc1. The van der Waals surface area contributed by atoms with Crippen molar-refractivity contribution < 1.29 is 8.42 Å². The van der Waals surface area contributed by atoms with E-state index in [2.05, 4.69) is 4.98 Å². The lowest BCUT2D eigenvalue weighted by Crippen LogP contribution is -2.40. The van der Waals surface area contributed by atoms with Gasteiger partial charge in [0.2, 0.25) is 10.0 Å². The summed E-state index contributed by atoms with van der Waals surface area (Å²) in [5.74, 6) is 0. The van der Waals surface area contributed by atoms with E-state index in [1.165, 1.54) is 0 Å². The molecule has 2 rings (SSSR count). The third-order valence-electron chi connectivity index (χ3n) is 3.44. The van der Waals surface area contributed by atoms with Crippen LogP contribution in [0.3, 0.4) is 0 Å². The number of nitrogens with zero attached hydrogens (tertiary/aromatic N) is 2. The summed E-state index contributed by atoms with van der Waals surface area (Å²) in [5.41, 5.74) is 6.45. The van der Waals surface area contributed by atoms with E-state index in [0.29, 0.717) is 6.54 Å². The fourth-order valence-electron chi connectivity index (χ4n) is 2.30. The first-order chi connectivity index (χ1) is 8.57. The van der Waals surface area contributed by atoms with Gasteiger partial charge >= 0.3 is 0 Å². The molecule has 100 valence electrons.